The van der Waals surface area contributed by atoms with Crippen molar-refractivity contribution < 1.29 is 0 Å². The van der Waals surface area contributed by atoms with E-state index in [0.717, 1.165) is 18.9 Å². The van der Waals surface area contributed by atoms with Crippen molar-refractivity contribution in [2.24, 2.45) is 11.8 Å². The number of hydrogen-bond donors (Lipinski definition) is 0. The molecule has 0 heterocycles. The van der Waals surface area contributed by atoms with Gasteiger partial charge >= 0.3 is 0 Å². The standard InChI is InChI=1S/C15H28N2/c1-4-13(5-2)12-17(6-3)15-10-8-7-9-14(15)11-16/h13-15H,4-10,12H2,1-3H3. The van der Waals surface area contributed by atoms with Crippen LogP contribution in [0, 0.1) is 23.2 Å². The summed E-state index contributed by atoms with van der Waals surface area (Å²) in [4.78, 5) is 2.57. The van der Waals surface area contributed by atoms with Crippen molar-refractivity contribution >= 4 is 0 Å². The zero-order valence-corrected chi connectivity index (χ0v) is 11.8. The summed E-state index contributed by atoms with van der Waals surface area (Å²) in [6.07, 6.45) is 7.42. The minimum atomic E-state index is 0.276. The van der Waals surface area contributed by atoms with Crippen molar-refractivity contribution in [2.45, 2.75) is 65.3 Å². The Morgan fingerprint density at radius 3 is 2.35 bits per heavy atom. The highest BCUT2D eigenvalue weighted by molar-refractivity contribution is 4.95. The average molecular weight is 236 g/mol. The highest BCUT2D eigenvalue weighted by atomic mass is 15.2. The van der Waals surface area contributed by atoms with Crippen LogP contribution in [-0.4, -0.2) is 24.0 Å². The molecule has 0 N–H and O–H groups in total. The Morgan fingerprint density at radius 2 is 1.82 bits per heavy atom. The third kappa shape index (κ3) is 4.00. The lowest BCUT2D eigenvalue weighted by Crippen LogP contribution is -2.44. The highest BCUT2D eigenvalue weighted by Gasteiger charge is 2.29. The minimum Gasteiger partial charge on any atom is -0.299 e. The lowest BCUT2D eigenvalue weighted by atomic mass is 9.84. The molecule has 0 saturated heterocycles. The van der Waals surface area contributed by atoms with E-state index in [2.05, 4.69) is 31.7 Å². The molecule has 0 bridgehead atoms. The molecule has 1 saturated carbocycles. The lowest BCUT2D eigenvalue weighted by molar-refractivity contribution is 0.111. The van der Waals surface area contributed by atoms with Gasteiger partial charge in [0.25, 0.3) is 0 Å². The van der Waals surface area contributed by atoms with Gasteiger partial charge in [0.2, 0.25) is 0 Å². The van der Waals surface area contributed by atoms with Crippen molar-refractivity contribution in [3.05, 3.63) is 0 Å². The van der Waals surface area contributed by atoms with Gasteiger partial charge in [0, 0.05) is 12.6 Å². The largest absolute Gasteiger partial charge is 0.299 e. The Kier molecular flexibility index (Phi) is 6.58. The van der Waals surface area contributed by atoms with Crippen LogP contribution in [-0.2, 0) is 0 Å². The first kappa shape index (κ1) is 14.5. The molecule has 0 aromatic heterocycles. The van der Waals surface area contributed by atoms with Crippen LogP contribution < -0.4 is 0 Å². The molecule has 98 valence electrons. The third-order valence-corrected chi connectivity index (χ3v) is 4.42. The van der Waals surface area contributed by atoms with Gasteiger partial charge in [0.15, 0.2) is 0 Å². The van der Waals surface area contributed by atoms with Gasteiger partial charge in [0.05, 0.1) is 12.0 Å². The fourth-order valence-electron chi connectivity index (χ4n) is 3.08. The zero-order chi connectivity index (χ0) is 12.7. The summed E-state index contributed by atoms with van der Waals surface area (Å²) in [5.41, 5.74) is 0. The van der Waals surface area contributed by atoms with Crippen LogP contribution in [0.5, 0.6) is 0 Å². The number of nitriles is 1. The first-order chi connectivity index (χ1) is 8.26. The molecule has 0 aliphatic heterocycles. The van der Waals surface area contributed by atoms with E-state index in [4.69, 9.17) is 0 Å². The van der Waals surface area contributed by atoms with E-state index >= 15 is 0 Å². The third-order valence-electron chi connectivity index (χ3n) is 4.42. The van der Waals surface area contributed by atoms with Gasteiger partial charge in [-0.2, -0.15) is 5.26 Å². The van der Waals surface area contributed by atoms with Crippen LogP contribution in [0.3, 0.4) is 0 Å². The monoisotopic (exact) mass is 236 g/mol. The average Bonchev–Trinajstić information content (AvgIpc) is 2.40. The van der Waals surface area contributed by atoms with Crippen LogP contribution in [0.1, 0.15) is 59.3 Å². The molecule has 1 fully saturated rings. The summed E-state index contributed by atoms with van der Waals surface area (Å²) in [5, 5.41) is 9.28. The van der Waals surface area contributed by atoms with Crippen LogP contribution in [0.25, 0.3) is 0 Å². The second-order valence-electron chi connectivity index (χ2n) is 5.36. The summed E-state index contributed by atoms with van der Waals surface area (Å²) >= 11 is 0. The van der Waals surface area contributed by atoms with Gasteiger partial charge in [0.1, 0.15) is 0 Å². The van der Waals surface area contributed by atoms with E-state index in [1.54, 1.807) is 0 Å². The number of rotatable bonds is 6. The maximum Gasteiger partial charge on any atom is 0.0672 e. The highest BCUT2D eigenvalue weighted by Crippen LogP contribution is 2.29. The van der Waals surface area contributed by atoms with Crippen molar-refractivity contribution in [1.29, 1.82) is 5.26 Å². The maximum atomic E-state index is 9.28. The van der Waals surface area contributed by atoms with Crippen molar-refractivity contribution in [1.82, 2.24) is 4.90 Å². The number of hydrogen-bond acceptors (Lipinski definition) is 2. The maximum absolute atomic E-state index is 9.28. The Labute approximate surface area is 107 Å². The van der Waals surface area contributed by atoms with E-state index in [1.165, 1.54) is 38.6 Å². The molecule has 0 spiro atoms. The molecule has 17 heavy (non-hydrogen) atoms. The lowest BCUT2D eigenvalue weighted by Gasteiger charge is -2.38. The Balaban J connectivity index is 2.61. The van der Waals surface area contributed by atoms with Crippen molar-refractivity contribution in [3.8, 4) is 6.07 Å². The summed E-state index contributed by atoms with van der Waals surface area (Å²) in [7, 11) is 0. The molecule has 1 aliphatic carbocycles. The van der Waals surface area contributed by atoms with Crippen molar-refractivity contribution in [2.75, 3.05) is 13.1 Å². The van der Waals surface area contributed by atoms with Crippen LogP contribution in [0.15, 0.2) is 0 Å². The molecular formula is C15H28N2. The van der Waals surface area contributed by atoms with Crippen molar-refractivity contribution in [3.63, 3.8) is 0 Å². The van der Waals surface area contributed by atoms with E-state index in [-0.39, 0.29) is 5.92 Å². The molecule has 0 aromatic rings. The first-order valence-corrected chi connectivity index (χ1v) is 7.40. The Morgan fingerprint density at radius 1 is 1.18 bits per heavy atom. The molecule has 2 atom stereocenters. The fourth-order valence-corrected chi connectivity index (χ4v) is 3.08. The predicted octanol–water partition coefficient (Wildman–Crippen LogP) is 3.83. The molecule has 1 rings (SSSR count). The summed E-state index contributed by atoms with van der Waals surface area (Å²) in [5.74, 6) is 1.08. The molecule has 2 heteroatoms. The second-order valence-corrected chi connectivity index (χ2v) is 5.36. The van der Waals surface area contributed by atoms with Gasteiger partial charge < -0.3 is 0 Å². The second kappa shape index (κ2) is 7.71. The number of nitrogens with zero attached hydrogens (tertiary/aromatic N) is 2. The molecule has 0 aromatic carbocycles. The first-order valence-electron chi connectivity index (χ1n) is 7.40. The SMILES string of the molecule is CCC(CC)CN(CC)C1CCCCC1C#N. The zero-order valence-electron chi connectivity index (χ0n) is 11.8. The van der Waals surface area contributed by atoms with Gasteiger partial charge in [-0.3, -0.25) is 4.90 Å². The molecule has 2 nitrogen and oxygen atoms in total. The van der Waals surface area contributed by atoms with Crippen LogP contribution in [0.2, 0.25) is 0 Å². The summed E-state index contributed by atoms with van der Waals surface area (Å²) in [6.45, 7) is 9.09. The Bertz CT molecular complexity index is 240. The molecule has 2 unspecified atom stereocenters. The van der Waals surface area contributed by atoms with Gasteiger partial charge in [-0.1, -0.05) is 46.5 Å². The fraction of sp³-hybridized carbons (Fsp3) is 0.933. The predicted molar refractivity (Wildman–Crippen MR) is 72.7 cm³/mol. The van der Waals surface area contributed by atoms with Gasteiger partial charge in [-0.15, -0.1) is 0 Å². The van der Waals surface area contributed by atoms with E-state index in [1.807, 2.05) is 0 Å². The molecule has 0 amide bonds. The van der Waals surface area contributed by atoms with Gasteiger partial charge in [-0.05, 0) is 25.3 Å². The van der Waals surface area contributed by atoms with E-state index < -0.39 is 0 Å². The van der Waals surface area contributed by atoms with Crippen LogP contribution >= 0.6 is 0 Å². The Hall–Kier alpha value is -0.550. The molecule has 0 radical (unpaired) electrons. The molecule has 1 aliphatic rings. The topological polar surface area (TPSA) is 27.0 Å². The smallest absolute Gasteiger partial charge is 0.0672 e. The normalized spacial score (nSPS) is 25.2. The minimum absolute atomic E-state index is 0.276. The van der Waals surface area contributed by atoms with Crippen LogP contribution in [0.4, 0.5) is 0 Å². The van der Waals surface area contributed by atoms with E-state index in [0.29, 0.717) is 6.04 Å². The summed E-state index contributed by atoms with van der Waals surface area (Å²) < 4.78 is 0. The van der Waals surface area contributed by atoms with E-state index in [9.17, 15) is 5.26 Å². The molecular weight excluding hydrogens is 208 g/mol. The summed E-state index contributed by atoms with van der Waals surface area (Å²) in [6, 6.07) is 3.06. The quantitative estimate of drug-likeness (QED) is 0.701. The van der Waals surface area contributed by atoms with Gasteiger partial charge in [-0.25, -0.2) is 0 Å².